The third kappa shape index (κ3) is 3.71. The van der Waals surface area contributed by atoms with Crippen molar-refractivity contribution < 1.29 is 30.7 Å². The molecule has 0 bridgehead atoms. The standard InChI is InChI=1S/C18H20FNO6S2/c1-3-26-18-9-8-15(10-17(18)19)28(23,24)20-11-16(12-20)27(21,22)14-6-4-13(25-2)5-7-14/h4-10,16H,3,11-12H2,1-2H3. The third-order valence-corrected chi connectivity index (χ3v) is 8.41. The molecule has 1 fully saturated rings. The predicted molar refractivity (Wildman–Crippen MR) is 100 cm³/mol. The molecule has 0 N–H and O–H groups in total. The summed E-state index contributed by atoms with van der Waals surface area (Å²) in [7, 11) is -6.20. The van der Waals surface area contributed by atoms with E-state index in [0.717, 1.165) is 10.4 Å². The van der Waals surface area contributed by atoms with Gasteiger partial charge in [0.2, 0.25) is 10.0 Å². The lowest BCUT2D eigenvalue weighted by Gasteiger charge is -2.37. The summed E-state index contributed by atoms with van der Waals surface area (Å²) >= 11 is 0. The summed E-state index contributed by atoms with van der Waals surface area (Å²) < 4.78 is 75.7. The average Bonchev–Trinajstić information content (AvgIpc) is 2.61. The Morgan fingerprint density at radius 1 is 1.04 bits per heavy atom. The van der Waals surface area contributed by atoms with Gasteiger partial charge in [0.15, 0.2) is 21.4 Å². The highest BCUT2D eigenvalue weighted by atomic mass is 32.2. The normalized spacial score (nSPS) is 15.8. The molecule has 28 heavy (non-hydrogen) atoms. The van der Waals surface area contributed by atoms with Gasteiger partial charge >= 0.3 is 0 Å². The number of sulfonamides is 1. The zero-order valence-corrected chi connectivity index (χ0v) is 17.0. The molecular weight excluding hydrogens is 409 g/mol. The minimum absolute atomic E-state index is 0.0370. The first-order valence-electron chi connectivity index (χ1n) is 8.50. The van der Waals surface area contributed by atoms with Gasteiger partial charge in [-0.3, -0.25) is 0 Å². The number of halogens is 1. The van der Waals surface area contributed by atoms with Crippen LogP contribution in [0.2, 0.25) is 0 Å². The number of methoxy groups -OCH3 is 1. The number of benzene rings is 2. The number of ether oxygens (including phenoxy) is 2. The molecule has 0 unspecified atom stereocenters. The second kappa shape index (κ2) is 7.69. The lowest BCUT2D eigenvalue weighted by molar-refractivity contribution is 0.308. The minimum Gasteiger partial charge on any atom is -0.497 e. The number of nitrogens with zero attached hydrogens (tertiary/aromatic N) is 1. The van der Waals surface area contributed by atoms with Gasteiger partial charge in [0, 0.05) is 13.1 Å². The van der Waals surface area contributed by atoms with E-state index in [1.165, 1.54) is 43.5 Å². The lowest BCUT2D eigenvalue weighted by Crippen LogP contribution is -2.56. The zero-order valence-electron chi connectivity index (χ0n) is 15.3. The van der Waals surface area contributed by atoms with E-state index >= 15 is 0 Å². The van der Waals surface area contributed by atoms with Crippen LogP contribution in [-0.4, -0.2) is 53.2 Å². The molecule has 0 spiro atoms. The molecule has 0 saturated carbocycles. The highest BCUT2D eigenvalue weighted by Crippen LogP contribution is 2.31. The molecule has 0 atom stereocenters. The van der Waals surface area contributed by atoms with Crippen molar-refractivity contribution in [2.24, 2.45) is 0 Å². The highest BCUT2D eigenvalue weighted by molar-refractivity contribution is 7.92. The SMILES string of the molecule is CCOc1ccc(S(=O)(=O)N2CC(S(=O)(=O)c3ccc(OC)cc3)C2)cc1F. The van der Waals surface area contributed by atoms with Crippen LogP contribution in [-0.2, 0) is 19.9 Å². The van der Waals surface area contributed by atoms with E-state index in [1.54, 1.807) is 6.92 Å². The fourth-order valence-corrected chi connectivity index (χ4v) is 6.20. The summed E-state index contributed by atoms with van der Waals surface area (Å²) in [6.07, 6.45) is 0. The Hall–Kier alpha value is -2.17. The predicted octanol–water partition coefficient (Wildman–Crippen LogP) is 2.08. The van der Waals surface area contributed by atoms with Gasteiger partial charge in [0.1, 0.15) is 5.75 Å². The van der Waals surface area contributed by atoms with Crippen LogP contribution in [0.3, 0.4) is 0 Å². The average molecular weight is 429 g/mol. The topological polar surface area (TPSA) is 90.0 Å². The fourth-order valence-electron chi connectivity index (χ4n) is 2.81. The number of rotatable bonds is 7. The Morgan fingerprint density at radius 2 is 1.64 bits per heavy atom. The molecule has 0 aliphatic carbocycles. The molecular formula is C18H20FNO6S2. The second-order valence-corrected chi connectivity index (χ2v) is 10.4. The molecule has 3 rings (SSSR count). The van der Waals surface area contributed by atoms with E-state index in [4.69, 9.17) is 9.47 Å². The van der Waals surface area contributed by atoms with Crippen molar-refractivity contribution in [2.45, 2.75) is 22.0 Å². The second-order valence-electron chi connectivity index (χ2n) is 6.19. The van der Waals surface area contributed by atoms with Crippen LogP contribution in [0.1, 0.15) is 6.92 Å². The number of hydrogen-bond acceptors (Lipinski definition) is 6. The van der Waals surface area contributed by atoms with E-state index in [-0.39, 0.29) is 35.2 Å². The summed E-state index contributed by atoms with van der Waals surface area (Å²) in [6, 6.07) is 9.28. The van der Waals surface area contributed by atoms with Gasteiger partial charge in [0.25, 0.3) is 0 Å². The summed E-state index contributed by atoms with van der Waals surface area (Å²) in [5.74, 6) is -0.301. The quantitative estimate of drug-likeness (QED) is 0.669. The monoisotopic (exact) mass is 429 g/mol. The van der Waals surface area contributed by atoms with Crippen LogP contribution < -0.4 is 9.47 Å². The molecule has 2 aromatic rings. The van der Waals surface area contributed by atoms with Gasteiger partial charge in [-0.2, -0.15) is 4.31 Å². The first-order valence-corrected chi connectivity index (χ1v) is 11.5. The fraction of sp³-hybridized carbons (Fsp3) is 0.333. The Balaban J connectivity index is 1.75. The molecule has 152 valence electrons. The van der Waals surface area contributed by atoms with Gasteiger partial charge in [-0.15, -0.1) is 0 Å². The molecule has 0 aromatic heterocycles. The number of hydrogen-bond donors (Lipinski definition) is 0. The van der Waals surface area contributed by atoms with Crippen LogP contribution in [0.25, 0.3) is 0 Å². The van der Waals surface area contributed by atoms with Gasteiger partial charge < -0.3 is 9.47 Å². The van der Waals surface area contributed by atoms with E-state index in [2.05, 4.69) is 0 Å². The van der Waals surface area contributed by atoms with E-state index < -0.39 is 30.9 Å². The minimum atomic E-state index is -3.99. The van der Waals surface area contributed by atoms with E-state index in [9.17, 15) is 21.2 Å². The van der Waals surface area contributed by atoms with Crippen molar-refractivity contribution >= 4 is 19.9 Å². The first kappa shape index (κ1) is 20.6. The smallest absolute Gasteiger partial charge is 0.243 e. The zero-order chi connectivity index (χ0) is 20.5. The summed E-state index contributed by atoms with van der Waals surface area (Å²) in [5.41, 5.74) is 0. The van der Waals surface area contributed by atoms with Crippen LogP contribution >= 0.6 is 0 Å². The molecule has 10 heteroatoms. The lowest BCUT2D eigenvalue weighted by atomic mass is 10.3. The van der Waals surface area contributed by atoms with Crippen LogP contribution in [0.15, 0.2) is 52.3 Å². The summed E-state index contributed by atoms with van der Waals surface area (Å²) in [5, 5.41) is -0.858. The van der Waals surface area contributed by atoms with Gasteiger partial charge in [-0.1, -0.05) is 0 Å². The molecule has 2 aromatic carbocycles. The Kier molecular flexibility index (Phi) is 5.64. The Morgan fingerprint density at radius 3 is 2.18 bits per heavy atom. The Labute approximate surface area is 163 Å². The molecule has 0 amide bonds. The van der Waals surface area contributed by atoms with Crippen molar-refractivity contribution in [3.63, 3.8) is 0 Å². The van der Waals surface area contributed by atoms with Gasteiger partial charge in [-0.05, 0) is 49.4 Å². The van der Waals surface area contributed by atoms with Crippen molar-refractivity contribution in [1.29, 1.82) is 0 Å². The van der Waals surface area contributed by atoms with Crippen molar-refractivity contribution in [3.05, 3.63) is 48.3 Å². The molecule has 1 aliphatic rings. The molecule has 1 heterocycles. The molecule has 1 aliphatic heterocycles. The Bertz CT molecular complexity index is 1060. The van der Waals surface area contributed by atoms with Crippen molar-refractivity contribution in [1.82, 2.24) is 4.31 Å². The summed E-state index contributed by atoms with van der Waals surface area (Å²) in [4.78, 5) is -0.142. The van der Waals surface area contributed by atoms with Crippen LogP contribution in [0.5, 0.6) is 11.5 Å². The highest BCUT2D eigenvalue weighted by Gasteiger charge is 2.44. The third-order valence-electron chi connectivity index (χ3n) is 4.48. The maximum Gasteiger partial charge on any atom is 0.243 e. The summed E-state index contributed by atoms with van der Waals surface area (Å²) in [6.45, 7) is 1.56. The van der Waals surface area contributed by atoms with Crippen LogP contribution in [0, 0.1) is 5.82 Å². The largest absolute Gasteiger partial charge is 0.497 e. The van der Waals surface area contributed by atoms with E-state index in [1.807, 2.05) is 0 Å². The van der Waals surface area contributed by atoms with Gasteiger partial charge in [-0.25, -0.2) is 21.2 Å². The van der Waals surface area contributed by atoms with E-state index in [0.29, 0.717) is 5.75 Å². The van der Waals surface area contributed by atoms with Crippen molar-refractivity contribution in [2.75, 3.05) is 26.8 Å². The van der Waals surface area contributed by atoms with Crippen molar-refractivity contribution in [3.8, 4) is 11.5 Å². The number of sulfone groups is 1. The first-order chi connectivity index (χ1) is 13.2. The maximum absolute atomic E-state index is 14.0. The molecule has 7 nitrogen and oxygen atoms in total. The van der Waals surface area contributed by atoms with Crippen LogP contribution in [0.4, 0.5) is 4.39 Å². The molecule has 1 saturated heterocycles. The maximum atomic E-state index is 14.0. The molecule has 0 radical (unpaired) electrons. The van der Waals surface area contributed by atoms with Gasteiger partial charge in [0.05, 0.1) is 28.8 Å².